The lowest BCUT2D eigenvalue weighted by Gasteiger charge is -2.15. The van der Waals surface area contributed by atoms with Crippen molar-refractivity contribution in [3.05, 3.63) is 33.8 Å². The van der Waals surface area contributed by atoms with Crippen LogP contribution < -0.4 is 0 Å². The van der Waals surface area contributed by atoms with Gasteiger partial charge in [-0.1, -0.05) is 43.1 Å². The monoisotopic (exact) mass is 254 g/mol. The van der Waals surface area contributed by atoms with Crippen molar-refractivity contribution in [3.63, 3.8) is 0 Å². The Bertz CT molecular complexity index is 440. The van der Waals surface area contributed by atoms with Gasteiger partial charge in [0.2, 0.25) is 0 Å². The normalized spacial score (nSPS) is 40.9. The molecule has 0 nitrogen and oxygen atoms in total. The topological polar surface area (TPSA) is 0 Å². The number of benzene rings is 1. The second-order valence-corrected chi connectivity index (χ2v) is 6.31. The maximum Gasteiger partial charge on any atom is 0.0595 e. The number of fused-ring (bicyclic) bond motifs is 1. The van der Waals surface area contributed by atoms with Crippen LogP contribution in [0.3, 0.4) is 0 Å². The second-order valence-electron chi connectivity index (χ2n) is 5.50. The molecule has 4 unspecified atom stereocenters. The van der Waals surface area contributed by atoms with Crippen LogP contribution in [0.5, 0.6) is 0 Å². The predicted molar refractivity (Wildman–Crippen MR) is 69.2 cm³/mol. The van der Waals surface area contributed by atoms with E-state index in [4.69, 9.17) is 23.2 Å². The quantitative estimate of drug-likeness (QED) is 0.667. The molecule has 0 heterocycles. The van der Waals surface area contributed by atoms with E-state index in [-0.39, 0.29) is 0 Å². The molecule has 0 amide bonds. The molecule has 2 aliphatic rings. The zero-order chi connectivity index (χ0) is 11.5. The highest BCUT2D eigenvalue weighted by Gasteiger charge is 2.67. The molecule has 2 fully saturated rings. The molecule has 2 aliphatic carbocycles. The smallest absolute Gasteiger partial charge is 0.0595 e. The molecule has 0 N–H and O–H groups in total. The lowest BCUT2D eigenvalue weighted by Crippen LogP contribution is -2.07. The Kier molecular flexibility index (Phi) is 2.32. The average molecular weight is 255 g/mol. The van der Waals surface area contributed by atoms with E-state index in [1.54, 1.807) is 0 Å². The maximum atomic E-state index is 6.12. The number of hydrogen-bond acceptors (Lipinski definition) is 0. The van der Waals surface area contributed by atoms with Crippen LogP contribution in [-0.2, 0) is 5.41 Å². The van der Waals surface area contributed by atoms with Crippen molar-refractivity contribution in [1.29, 1.82) is 0 Å². The first-order valence-corrected chi connectivity index (χ1v) is 6.78. The van der Waals surface area contributed by atoms with Gasteiger partial charge in [0.1, 0.15) is 0 Å². The van der Waals surface area contributed by atoms with Crippen LogP contribution in [0.15, 0.2) is 18.2 Å². The van der Waals surface area contributed by atoms with Gasteiger partial charge >= 0.3 is 0 Å². The SMILES string of the molecule is CC1CCC2(c3ccc(Cl)c(Cl)c3)C(C)C12. The molecular weight excluding hydrogens is 239 g/mol. The summed E-state index contributed by atoms with van der Waals surface area (Å²) in [5.41, 5.74) is 1.83. The van der Waals surface area contributed by atoms with Gasteiger partial charge in [-0.25, -0.2) is 0 Å². The van der Waals surface area contributed by atoms with Crippen molar-refractivity contribution < 1.29 is 0 Å². The van der Waals surface area contributed by atoms with Gasteiger partial charge in [0.25, 0.3) is 0 Å². The highest BCUT2D eigenvalue weighted by atomic mass is 35.5. The fourth-order valence-corrected chi connectivity index (χ4v) is 4.39. The molecule has 0 aromatic heterocycles. The fourth-order valence-electron chi connectivity index (χ4n) is 4.09. The molecule has 4 atom stereocenters. The van der Waals surface area contributed by atoms with Crippen LogP contribution >= 0.6 is 23.2 Å². The third-order valence-corrected chi connectivity index (χ3v) is 5.66. The van der Waals surface area contributed by atoms with E-state index >= 15 is 0 Å². The van der Waals surface area contributed by atoms with Crippen molar-refractivity contribution in [3.8, 4) is 0 Å². The van der Waals surface area contributed by atoms with Crippen molar-refractivity contribution in [2.75, 3.05) is 0 Å². The standard InChI is InChI=1S/C14H16Cl2/c1-8-5-6-14(9(2)13(8)14)10-3-4-11(15)12(16)7-10/h3-4,7-9,13H,5-6H2,1-2H3. The number of hydrogen-bond donors (Lipinski definition) is 0. The van der Waals surface area contributed by atoms with Gasteiger partial charge in [-0.3, -0.25) is 0 Å². The highest BCUT2D eigenvalue weighted by Crippen LogP contribution is 2.70. The van der Waals surface area contributed by atoms with E-state index in [0.717, 1.165) is 17.8 Å². The van der Waals surface area contributed by atoms with E-state index in [0.29, 0.717) is 15.5 Å². The number of rotatable bonds is 1. The number of halogens is 2. The molecule has 0 aliphatic heterocycles. The summed E-state index contributed by atoms with van der Waals surface area (Å²) >= 11 is 12.1. The molecule has 0 saturated heterocycles. The summed E-state index contributed by atoms with van der Waals surface area (Å²) < 4.78 is 0. The van der Waals surface area contributed by atoms with E-state index in [1.165, 1.54) is 18.4 Å². The van der Waals surface area contributed by atoms with Crippen molar-refractivity contribution >= 4 is 23.2 Å². The van der Waals surface area contributed by atoms with Crippen LogP contribution in [0, 0.1) is 17.8 Å². The lowest BCUT2D eigenvalue weighted by molar-refractivity contribution is 0.480. The molecule has 86 valence electrons. The van der Waals surface area contributed by atoms with Gasteiger partial charge in [0.05, 0.1) is 10.0 Å². The Morgan fingerprint density at radius 1 is 1.19 bits per heavy atom. The Labute approximate surface area is 107 Å². The minimum Gasteiger partial charge on any atom is -0.0827 e. The molecule has 2 heteroatoms. The van der Waals surface area contributed by atoms with Crippen LogP contribution in [-0.4, -0.2) is 0 Å². The zero-order valence-corrected chi connectivity index (χ0v) is 11.1. The van der Waals surface area contributed by atoms with Crippen molar-refractivity contribution in [2.24, 2.45) is 17.8 Å². The molecule has 1 aromatic carbocycles. The molecule has 0 bridgehead atoms. The molecule has 0 spiro atoms. The fraction of sp³-hybridized carbons (Fsp3) is 0.571. The maximum absolute atomic E-state index is 6.12. The molecular formula is C14H16Cl2. The zero-order valence-electron chi connectivity index (χ0n) is 9.63. The largest absolute Gasteiger partial charge is 0.0827 e. The van der Waals surface area contributed by atoms with Gasteiger partial charge in [0, 0.05) is 5.41 Å². The minimum absolute atomic E-state index is 0.424. The third-order valence-electron chi connectivity index (χ3n) is 4.92. The van der Waals surface area contributed by atoms with Crippen LogP contribution in [0.4, 0.5) is 0 Å². The summed E-state index contributed by atoms with van der Waals surface area (Å²) in [6.07, 6.45) is 2.67. The van der Waals surface area contributed by atoms with E-state index < -0.39 is 0 Å². The van der Waals surface area contributed by atoms with Crippen LogP contribution in [0.25, 0.3) is 0 Å². The summed E-state index contributed by atoms with van der Waals surface area (Å²) in [5.74, 6) is 2.54. The first kappa shape index (κ1) is 10.9. The molecule has 3 rings (SSSR count). The van der Waals surface area contributed by atoms with Crippen LogP contribution in [0.1, 0.15) is 32.3 Å². The molecule has 1 aromatic rings. The van der Waals surface area contributed by atoms with Crippen LogP contribution in [0.2, 0.25) is 10.0 Å². The van der Waals surface area contributed by atoms with Crippen molar-refractivity contribution in [1.82, 2.24) is 0 Å². The summed E-state index contributed by atoms with van der Waals surface area (Å²) in [7, 11) is 0. The van der Waals surface area contributed by atoms with Gasteiger partial charge in [-0.15, -0.1) is 0 Å². The van der Waals surface area contributed by atoms with Crippen molar-refractivity contribution in [2.45, 2.75) is 32.1 Å². The van der Waals surface area contributed by atoms with E-state index in [9.17, 15) is 0 Å². The molecule has 16 heavy (non-hydrogen) atoms. The van der Waals surface area contributed by atoms with E-state index in [1.807, 2.05) is 6.07 Å². The Morgan fingerprint density at radius 2 is 1.94 bits per heavy atom. The summed E-state index contributed by atoms with van der Waals surface area (Å²) in [5, 5.41) is 1.36. The minimum atomic E-state index is 0.424. The van der Waals surface area contributed by atoms with Gasteiger partial charge < -0.3 is 0 Å². The highest BCUT2D eigenvalue weighted by molar-refractivity contribution is 6.42. The predicted octanol–water partition coefficient (Wildman–Crippen LogP) is 4.93. The van der Waals surface area contributed by atoms with E-state index in [2.05, 4.69) is 26.0 Å². The average Bonchev–Trinajstić information content (AvgIpc) is 2.67. The van der Waals surface area contributed by atoms with Gasteiger partial charge in [-0.2, -0.15) is 0 Å². The molecule has 2 saturated carbocycles. The second kappa shape index (κ2) is 3.40. The molecule has 0 radical (unpaired) electrons. The first-order chi connectivity index (χ1) is 7.57. The Hall–Kier alpha value is -0.200. The Morgan fingerprint density at radius 3 is 2.50 bits per heavy atom. The van der Waals surface area contributed by atoms with Gasteiger partial charge in [-0.05, 0) is 48.3 Å². The third kappa shape index (κ3) is 1.23. The lowest BCUT2D eigenvalue weighted by atomic mass is 9.91. The first-order valence-electron chi connectivity index (χ1n) is 6.03. The Balaban J connectivity index is 2.02. The summed E-state index contributed by atoms with van der Waals surface area (Å²) in [6, 6.07) is 6.19. The summed E-state index contributed by atoms with van der Waals surface area (Å²) in [4.78, 5) is 0. The van der Waals surface area contributed by atoms with Gasteiger partial charge in [0.15, 0.2) is 0 Å². The summed E-state index contributed by atoms with van der Waals surface area (Å²) in [6.45, 7) is 4.76.